The third-order valence-corrected chi connectivity index (χ3v) is 5.28. The zero-order valence-electron chi connectivity index (χ0n) is 19.0. The Morgan fingerprint density at radius 2 is 0.750 bits per heavy atom. The number of benzene rings is 3. The van der Waals surface area contributed by atoms with Gasteiger partial charge in [-0.25, -0.2) is 9.59 Å². The van der Waals surface area contributed by atoms with Crippen molar-refractivity contribution in [2.24, 2.45) is 0 Å². The van der Waals surface area contributed by atoms with Gasteiger partial charge in [0.25, 0.3) is 0 Å². The van der Waals surface area contributed by atoms with Gasteiger partial charge in [-0.05, 0) is 60.4 Å². The van der Waals surface area contributed by atoms with Crippen LogP contribution in [-0.4, -0.2) is 36.5 Å². The van der Waals surface area contributed by atoms with Crippen molar-refractivity contribution in [3.8, 4) is 22.3 Å². The monoisotopic (exact) mass is 510 g/mol. The standard InChI is InChI=1S/C26H20F6O4/c1-15(25(27,28)29)35-23(33)21-11-7-19(8-12-21)17-3-5-18(6-4-17)20-9-13-22(14-10-20)24(34)36-16(2)26(30,31)32/h3-16H,1-2H3. The van der Waals surface area contributed by atoms with E-state index in [0.29, 0.717) is 11.1 Å². The molecule has 0 radical (unpaired) electrons. The molecule has 0 aliphatic carbocycles. The average Bonchev–Trinajstić information content (AvgIpc) is 2.83. The number of rotatable bonds is 6. The molecule has 4 nitrogen and oxygen atoms in total. The quantitative estimate of drug-likeness (QED) is 0.259. The van der Waals surface area contributed by atoms with Crippen molar-refractivity contribution in [2.45, 2.75) is 38.4 Å². The van der Waals surface area contributed by atoms with Crippen molar-refractivity contribution in [1.29, 1.82) is 0 Å². The van der Waals surface area contributed by atoms with Crippen LogP contribution in [0, 0.1) is 0 Å². The number of ether oxygens (including phenoxy) is 2. The van der Waals surface area contributed by atoms with E-state index in [2.05, 4.69) is 9.47 Å². The molecule has 0 saturated carbocycles. The minimum absolute atomic E-state index is 0.0188. The van der Waals surface area contributed by atoms with Gasteiger partial charge in [-0.1, -0.05) is 48.5 Å². The van der Waals surface area contributed by atoms with E-state index < -0.39 is 36.5 Å². The molecule has 0 N–H and O–H groups in total. The number of carbonyl (C=O) groups excluding carboxylic acids is 2. The lowest BCUT2D eigenvalue weighted by Gasteiger charge is -2.16. The summed E-state index contributed by atoms with van der Waals surface area (Å²) in [5.41, 5.74) is 2.91. The van der Waals surface area contributed by atoms with Gasteiger partial charge >= 0.3 is 24.3 Å². The van der Waals surface area contributed by atoms with Crippen LogP contribution in [0.3, 0.4) is 0 Å². The first kappa shape index (κ1) is 26.8. The summed E-state index contributed by atoms with van der Waals surface area (Å²) >= 11 is 0. The van der Waals surface area contributed by atoms with Crippen molar-refractivity contribution in [1.82, 2.24) is 0 Å². The number of esters is 2. The van der Waals surface area contributed by atoms with E-state index in [-0.39, 0.29) is 11.1 Å². The van der Waals surface area contributed by atoms with Gasteiger partial charge in [0, 0.05) is 0 Å². The minimum Gasteiger partial charge on any atom is -0.449 e. The summed E-state index contributed by atoms with van der Waals surface area (Å²) in [4.78, 5) is 23.8. The summed E-state index contributed by atoms with van der Waals surface area (Å²) in [7, 11) is 0. The molecule has 2 unspecified atom stereocenters. The molecule has 10 heteroatoms. The van der Waals surface area contributed by atoms with Crippen molar-refractivity contribution >= 4 is 11.9 Å². The van der Waals surface area contributed by atoms with Gasteiger partial charge in [0.05, 0.1) is 11.1 Å². The van der Waals surface area contributed by atoms with Crippen LogP contribution in [0.1, 0.15) is 34.6 Å². The Morgan fingerprint density at radius 1 is 0.528 bits per heavy atom. The molecule has 3 rings (SSSR count). The van der Waals surface area contributed by atoms with Crippen LogP contribution in [0.25, 0.3) is 22.3 Å². The number of carbonyl (C=O) groups is 2. The lowest BCUT2D eigenvalue weighted by molar-refractivity contribution is -0.198. The Kier molecular flexibility index (Phi) is 7.76. The summed E-state index contributed by atoms with van der Waals surface area (Å²) in [6, 6.07) is 18.9. The normalized spacial score (nSPS) is 13.6. The second-order valence-corrected chi connectivity index (χ2v) is 7.91. The molecule has 0 aliphatic heterocycles. The summed E-state index contributed by atoms with van der Waals surface area (Å²) < 4.78 is 84.3. The number of hydrogen-bond donors (Lipinski definition) is 0. The molecule has 190 valence electrons. The second kappa shape index (κ2) is 10.4. The molecular weight excluding hydrogens is 490 g/mol. The zero-order chi connectivity index (χ0) is 26.7. The van der Waals surface area contributed by atoms with E-state index in [1.165, 1.54) is 24.3 Å². The number of hydrogen-bond acceptors (Lipinski definition) is 4. The molecular formula is C26H20F6O4. The van der Waals surface area contributed by atoms with Gasteiger partial charge in [-0.2, -0.15) is 26.3 Å². The van der Waals surface area contributed by atoms with Gasteiger partial charge in [-0.3, -0.25) is 0 Å². The van der Waals surface area contributed by atoms with E-state index in [0.717, 1.165) is 25.0 Å². The Hall–Kier alpha value is -3.82. The van der Waals surface area contributed by atoms with E-state index in [9.17, 15) is 35.9 Å². The molecule has 3 aromatic carbocycles. The van der Waals surface area contributed by atoms with E-state index >= 15 is 0 Å². The fourth-order valence-corrected chi connectivity index (χ4v) is 3.04. The largest absolute Gasteiger partial charge is 0.449 e. The Bertz CT molecular complexity index is 1100. The molecule has 0 fully saturated rings. The molecule has 3 aromatic rings. The van der Waals surface area contributed by atoms with Gasteiger partial charge in [0.2, 0.25) is 0 Å². The maximum Gasteiger partial charge on any atom is 0.425 e. The van der Waals surface area contributed by atoms with Gasteiger partial charge in [0.15, 0.2) is 12.2 Å². The van der Waals surface area contributed by atoms with E-state index in [1.807, 2.05) is 0 Å². The van der Waals surface area contributed by atoms with Crippen molar-refractivity contribution in [2.75, 3.05) is 0 Å². The second-order valence-electron chi connectivity index (χ2n) is 7.91. The first-order valence-corrected chi connectivity index (χ1v) is 10.6. The van der Waals surface area contributed by atoms with Crippen LogP contribution in [0.5, 0.6) is 0 Å². The molecule has 0 bridgehead atoms. The molecule has 0 aliphatic rings. The Balaban J connectivity index is 1.67. The first-order chi connectivity index (χ1) is 16.8. The summed E-state index contributed by atoms with van der Waals surface area (Å²) in [6.45, 7) is 1.50. The zero-order valence-corrected chi connectivity index (χ0v) is 19.0. The third kappa shape index (κ3) is 6.65. The van der Waals surface area contributed by atoms with Crippen LogP contribution in [0.2, 0.25) is 0 Å². The van der Waals surface area contributed by atoms with Crippen LogP contribution >= 0.6 is 0 Å². The third-order valence-electron chi connectivity index (χ3n) is 5.28. The highest BCUT2D eigenvalue weighted by molar-refractivity contribution is 5.91. The lowest BCUT2D eigenvalue weighted by Crippen LogP contribution is -2.30. The fourth-order valence-electron chi connectivity index (χ4n) is 3.04. The highest BCUT2D eigenvalue weighted by Crippen LogP contribution is 2.28. The maximum absolute atomic E-state index is 12.6. The predicted octanol–water partition coefficient (Wildman–Crippen LogP) is 7.24. The Morgan fingerprint density at radius 3 is 0.972 bits per heavy atom. The van der Waals surface area contributed by atoms with E-state index in [4.69, 9.17) is 0 Å². The van der Waals surface area contributed by atoms with Crippen molar-refractivity contribution in [3.63, 3.8) is 0 Å². The molecule has 0 amide bonds. The summed E-state index contributed by atoms with van der Waals surface area (Å²) in [5, 5.41) is 0. The first-order valence-electron chi connectivity index (χ1n) is 10.6. The van der Waals surface area contributed by atoms with Gasteiger partial charge in [-0.15, -0.1) is 0 Å². The highest BCUT2D eigenvalue weighted by atomic mass is 19.4. The number of alkyl halides is 6. The van der Waals surface area contributed by atoms with Crippen LogP contribution < -0.4 is 0 Å². The van der Waals surface area contributed by atoms with Crippen molar-refractivity contribution < 1.29 is 45.4 Å². The highest BCUT2D eigenvalue weighted by Gasteiger charge is 2.40. The molecule has 2 atom stereocenters. The summed E-state index contributed by atoms with van der Waals surface area (Å²) in [5.74, 6) is -2.16. The average molecular weight is 510 g/mol. The molecule has 36 heavy (non-hydrogen) atoms. The van der Waals surface area contributed by atoms with Crippen LogP contribution in [0.4, 0.5) is 26.3 Å². The SMILES string of the molecule is CC(OC(=O)c1ccc(-c2ccc(-c3ccc(C(=O)OC(C)C(F)(F)F)cc3)cc2)cc1)C(F)(F)F. The molecule has 0 spiro atoms. The lowest BCUT2D eigenvalue weighted by atomic mass is 9.99. The molecule has 0 saturated heterocycles. The van der Waals surface area contributed by atoms with Crippen molar-refractivity contribution in [3.05, 3.63) is 83.9 Å². The molecule has 0 heterocycles. The number of halogens is 6. The molecule has 0 aromatic heterocycles. The summed E-state index contributed by atoms with van der Waals surface area (Å²) in [6.07, 6.45) is -13.7. The van der Waals surface area contributed by atoms with Gasteiger partial charge < -0.3 is 9.47 Å². The smallest absolute Gasteiger partial charge is 0.425 e. The predicted molar refractivity (Wildman–Crippen MR) is 119 cm³/mol. The fraction of sp³-hybridized carbons (Fsp3) is 0.231. The van der Waals surface area contributed by atoms with Crippen LogP contribution in [-0.2, 0) is 9.47 Å². The minimum atomic E-state index is -4.65. The van der Waals surface area contributed by atoms with E-state index in [1.54, 1.807) is 48.5 Å². The van der Waals surface area contributed by atoms with Gasteiger partial charge in [0.1, 0.15) is 0 Å². The van der Waals surface area contributed by atoms with Crippen LogP contribution in [0.15, 0.2) is 72.8 Å². The Labute approximate surface area is 202 Å². The maximum atomic E-state index is 12.6. The topological polar surface area (TPSA) is 52.6 Å².